The van der Waals surface area contributed by atoms with E-state index in [1.807, 2.05) is 0 Å². The van der Waals surface area contributed by atoms with Gasteiger partial charge >= 0.3 is 107 Å². The van der Waals surface area contributed by atoms with Gasteiger partial charge in [-0.05, 0) is 0 Å². The normalized spacial score (nSPS) is 17.6. The van der Waals surface area contributed by atoms with Gasteiger partial charge in [-0.2, -0.15) is 0 Å². The average molecular weight is 264 g/mol. The zero-order valence-electron chi connectivity index (χ0n) is 10.8. The molecular formula is C12H26NO2Ti. The van der Waals surface area contributed by atoms with Gasteiger partial charge < -0.3 is 0 Å². The van der Waals surface area contributed by atoms with Gasteiger partial charge in [0.2, 0.25) is 0 Å². The SMILES string of the molecule is CC[O][Ti]([CH2]CNC1CCCCC1)[O]CC. The van der Waals surface area contributed by atoms with Gasteiger partial charge in [-0.15, -0.1) is 0 Å². The Morgan fingerprint density at radius 3 is 2.25 bits per heavy atom. The van der Waals surface area contributed by atoms with Crippen molar-refractivity contribution in [2.75, 3.05) is 19.8 Å². The van der Waals surface area contributed by atoms with E-state index in [2.05, 4.69) is 19.2 Å². The van der Waals surface area contributed by atoms with Gasteiger partial charge in [0.15, 0.2) is 0 Å². The minimum absolute atomic E-state index is 0.761. The van der Waals surface area contributed by atoms with Crippen molar-refractivity contribution in [1.82, 2.24) is 5.32 Å². The number of rotatable bonds is 8. The van der Waals surface area contributed by atoms with Gasteiger partial charge in [-0.1, -0.05) is 0 Å². The molecule has 1 rings (SSSR count). The molecule has 0 amide bonds. The zero-order chi connectivity index (χ0) is 11.6. The van der Waals surface area contributed by atoms with E-state index in [0.717, 1.165) is 30.5 Å². The summed E-state index contributed by atoms with van der Waals surface area (Å²) in [5.74, 6) is 0. The van der Waals surface area contributed by atoms with Gasteiger partial charge in [0.1, 0.15) is 0 Å². The van der Waals surface area contributed by atoms with Crippen LogP contribution in [0.1, 0.15) is 46.0 Å². The Morgan fingerprint density at radius 2 is 1.69 bits per heavy atom. The van der Waals surface area contributed by atoms with Crippen molar-refractivity contribution < 1.29 is 25.3 Å². The van der Waals surface area contributed by atoms with Crippen LogP contribution in [0.5, 0.6) is 0 Å². The van der Waals surface area contributed by atoms with E-state index in [1.54, 1.807) is 0 Å². The molecule has 0 radical (unpaired) electrons. The molecule has 0 bridgehead atoms. The van der Waals surface area contributed by atoms with Gasteiger partial charge in [0, 0.05) is 0 Å². The molecule has 1 N–H and O–H groups in total. The van der Waals surface area contributed by atoms with Gasteiger partial charge in [-0.25, -0.2) is 0 Å². The van der Waals surface area contributed by atoms with Crippen LogP contribution in [0.25, 0.3) is 0 Å². The first-order valence-electron chi connectivity index (χ1n) is 6.71. The number of hydrogen-bond donors (Lipinski definition) is 1. The van der Waals surface area contributed by atoms with Crippen LogP contribution in [0.3, 0.4) is 0 Å². The van der Waals surface area contributed by atoms with E-state index < -0.39 is 18.6 Å². The molecular weight excluding hydrogens is 238 g/mol. The Kier molecular flexibility index (Phi) is 8.80. The van der Waals surface area contributed by atoms with Crippen LogP contribution in [0.15, 0.2) is 0 Å². The summed E-state index contributed by atoms with van der Waals surface area (Å²) in [6.07, 6.45) is 6.95. The first-order chi connectivity index (χ1) is 7.86. The van der Waals surface area contributed by atoms with Crippen molar-refractivity contribution in [3.8, 4) is 0 Å². The summed E-state index contributed by atoms with van der Waals surface area (Å²) in [5.41, 5.74) is 0. The molecule has 16 heavy (non-hydrogen) atoms. The van der Waals surface area contributed by atoms with Crippen LogP contribution in [0.4, 0.5) is 0 Å². The minimum atomic E-state index is -1.64. The van der Waals surface area contributed by atoms with Crippen LogP contribution in [0.2, 0.25) is 4.73 Å². The summed E-state index contributed by atoms with van der Waals surface area (Å²) in [6, 6.07) is 0.761. The molecule has 0 unspecified atom stereocenters. The molecule has 1 fully saturated rings. The molecule has 0 spiro atoms. The van der Waals surface area contributed by atoms with E-state index in [0.29, 0.717) is 0 Å². The van der Waals surface area contributed by atoms with Crippen molar-refractivity contribution in [1.29, 1.82) is 0 Å². The van der Waals surface area contributed by atoms with E-state index in [4.69, 9.17) is 6.64 Å². The zero-order valence-corrected chi connectivity index (χ0v) is 12.3. The summed E-state index contributed by atoms with van der Waals surface area (Å²) < 4.78 is 12.5. The summed E-state index contributed by atoms with van der Waals surface area (Å²) in [4.78, 5) is 0. The molecule has 1 aliphatic carbocycles. The van der Waals surface area contributed by atoms with Crippen LogP contribution < -0.4 is 5.32 Å². The molecule has 1 saturated carbocycles. The molecule has 0 aromatic heterocycles. The Morgan fingerprint density at radius 1 is 1.06 bits per heavy atom. The van der Waals surface area contributed by atoms with E-state index in [1.165, 1.54) is 32.1 Å². The molecule has 0 aliphatic heterocycles. The second-order valence-electron chi connectivity index (χ2n) is 4.28. The fourth-order valence-electron chi connectivity index (χ4n) is 2.19. The van der Waals surface area contributed by atoms with Crippen molar-refractivity contribution >= 4 is 0 Å². The first-order valence-corrected chi connectivity index (χ1v) is 9.09. The third-order valence-corrected chi connectivity index (χ3v) is 5.91. The molecule has 0 aromatic rings. The second kappa shape index (κ2) is 9.61. The summed E-state index contributed by atoms with van der Waals surface area (Å²) in [7, 11) is 0. The second-order valence-corrected chi connectivity index (χ2v) is 7.12. The van der Waals surface area contributed by atoms with Gasteiger partial charge in [0.05, 0.1) is 0 Å². The summed E-state index contributed by atoms with van der Waals surface area (Å²) in [5, 5.41) is 3.65. The van der Waals surface area contributed by atoms with Crippen molar-refractivity contribution in [2.45, 2.75) is 56.7 Å². The fourth-order valence-corrected chi connectivity index (χ4v) is 4.32. The molecule has 0 aromatic carbocycles. The molecule has 0 saturated heterocycles. The van der Waals surface area contributed by atoms with Crippen LogP contribution in [0, 0.1) is 0 Å². The first kappa shape index (κ1) is 14.7. The van der Waals surface area contributed by atoms with Crippen LogP contribution in [-0.4, -0.2) is 25.8 Å². The molecule has 3 nitrogen and oxygen atoms in total. The van der Waals surface area contributed by atoms with Crippen LogP contribution in [-0.2, 0) is 25.3 Å². The Hall–Kier alpha value is 0.594. The van der Waals surface area contributed by atoms with Gasteiger partial charge in [-0.3, -0.25) is 0 Å². The average Bonchev–Trinajstić information content (AvgIpc) is 2.31. The van der Waals surface area contributed by atoms with E-state index in [9.17, 15) is 0 Å². The maximum absolute atomic E-state index is 5.68. The summed E-state index contributed by atoms with van der Waals surface area (Å²) >= 11 is -1.64. The summed E-state index contributed by atoms with van der Waals surface area (Å²) in [6.45, 7) is 6.80. The van der Waals surface area contributed by atoms with Gasteiger partial charge in [0.25, 0.3) is 0 Å². The third kappa shape index (κ3) is 6.36. The van der Waals surface area contributed by atoms with E-state index in [-0.39, 0.29) is 0 Å². The predicted molar refractivity (Wildman–Crippen MR) is 62.9 cm³/mol. The van der Waals surface area contributed by atoms with Crippen LogP contribution >= 0.6 is 0 Å². The molecule has 1 aliphatic rings. The fraction of sp³-hybridized carbons (Fsp3) is 1.00. The Labute approximate surface area is 107 Å². The maximum atomic E-state index is 5.68. The molecule has 95 valence electrons. The van der Waals surface area contributed by atoms with E-state index >= 15 is 0 Å². The number of hydrogen-bond acceptors (Lipinski definition) is 3. The third-order valence-electron chi connectivity index (χ3n) is 2.98. The predicted octanol–water partition coefficient (Wildman–Crippen LogP) is 2.85. The Balaban J connectivity index is 2.06. The molecule has 0 heterocycles. The monoisotopic (exact) mass is 264 g/mol. The van der Waals surface area contributed by atoms with Crippen molar-refractivity contribution in [3.05, 3.63) is 0 Å². The standard InChI is InChI=1S/C8H16N.2C2H5O.Ti/c1-2-9-8-6-4-3-5-7-8;2*1-2-3;/h8-9H,1-7H2;2*2H2,1H3;/q;2*-1;+2. The van der Waals surface area contributed by atoms with Crippen molar-refractivity contribution in [3.63, 3.8) is 0 Å². The van der Waals surface area contributed by atoms with Crippen molar-refractivity contribution in [2.24, 2.45) is 0 Å². The Bertz CT molecular complexity index is 157. The topological polar surface area (TPSA) is 30.5 Å². The number of nitrogens with one attached hydrogen (secondary N) is 1. The molecule has 0 atom stereocenters. The quantitative estimate of drug-likeness (QED) is 0.684. The molecule has 4 heteroatoms.